The normalized spacial score (nSPS) is 43.0. The zero-order valence-corrected chi connectivity index (χ0v) is 7.79. The topological polar surface area (TPSA) is 41.3 Å². The fourth-order valence-electron chi connectivity index (χ4n) is 2.53. The molecule has 0 bridgehead atoms. The maximum absolute atomic E-state index is 5.89. The smallest absolute Gasteiger partial charge is 0.0271 e. The average Bonchev–Trinajstić information content (AvgIpc) is 2.35. The third-order valence-electron chi connectivity index (χ3n) is 3.47. The summed E-state index contributed by atoms with van der Waals surface area (Å²) >= 11 is 0. The summed E-state index contributed by atoms with van der Waals surface area (Å²) in [5.74, 6) is 6.76. The van der Waals surface area contributed by atoms with Gasteiger partial charge in [0.25, 0.3) is 0 Å². The minimum absolute atomic E-state index is 0.689. The first-order valence-electron chi connectivity index (χ1n) is 5.00. The molecule has 0 aromatic rings. The van der Waals surface area contributed by atoms with Crippen LogP contribution >= 0.6 is 0 Å². The van der Waals surface area contributed by atoms with E-state index >= 15 is 0 Å². The monoisotopic (exact) mass is 169 g/mol. The number of rotatable bonds is 2. The summed E-state index contributed by atoms with van der Waals surface area (Å²) in [6.45, 7) is 1.10. The van der Waals surface area contributed by atoms with E-state index in [4.69, 9.17) is 5.84 Å². The van der Waals surface area contributed by atoms with Crippen LogP contribution in [0, 0.1) is 5.92 Å². The summed E-state index contributed by atoms with van der Waals surface area (Å²) in [6.07, 6.45) is 5.27. The van der Waals surface area contributed by atoms with E-state index in [-0.39, 0.29) is 0 Å². The summed E-state index contributed by atoms with van der Waals surface area (Å²) < 4.78 is 0. The Morgan fingerprint density at radius 3 is 2.67 bits per heavy atom. The van der Waals surface area contributed by atoms with E-state index in [1.165, 1.54) is 25.7 Å². The highest BCUT2D eigenvalue weighted by molar-refractivity contribution is 4.93. The van der Waals surface area contributed by atoms with Crippen LogP contribution in [-0.4, -0.2) is 30.7 Å². The predicted molar refractivity (Wildman–Crippen MR) is 49.5 cm³/mol. The first kappa shape index (κ1) is 8.48. The van der Waals surface area contributed by atoms with E-state index < -0.39 is 0 Å². The summed E-state index contributed by atoms with van der Waals surface area (Å²) in [5.41, 5.74) is 0. The maximum Gasteiger partial charge on any atom is 0.0271 e. The van der Waals surface area contributed by atoms with Gasteiger partial charge in [0, 0.05) is 18.6 Å². The van der Waals surface area contributed by atoms with E-state index in [0.717, 1.165) is 18.5 Å². The molecule has 2 aliphatic rings. The molecular formula is C9H19N3. The molecule has 0 aromatic carbocycles. The molecule has 12 heavy (non-hydrogen) atoms. The van der Waals surface area contributed by atoms with Crippen LogP contribution in [0.4, 0.5) is 0 Å². The van der Waals surface area contributed by atoms with Crippen LogP contribution in [0.3, 0.4) is 0 Å². The van der Waals surface area contributed by atoms with E-state index in [9.17, 15) is 0 Å². The number of nitrogens with two attached hydrogens (primary N) is 1. The standard InChI is InChI=1S/C9H19N3/c1-11-8-5-7(6-8)9-3-2-4-12(9)10/h7-9,11H,2-6,10H2,1H3. The molecule has 1 atom stereocenters. The van der Waals surface area contributed by atoms with E-state index in [2.05, 4.69) is 17.4 Å². The lowest BCUT2D eigenvalue weighted by atomic mass is 9.75. The highest BCUT2D eigenvalue weighted by Crippen LogP contribution is 2.35. The van der Waals surface area contributed by atoms with Crippen LogP contribution in [0.1, 0.15) is 25.7 Å². The Labute approximate surface area is 74.3 Å². The van der Waals surface area contributed by atoms with E-state index in [0.29, 0.717) is 6.04 Å². The Bertz CT molecular complexity index is 154. The van der Waals surface area contributed by atoms with Gasteiger partial charge >= 0.3 is 0 Å². The lowest BCUT2D eigenvalue weighted by Gasteiger charge is -2.41. The Morgan fingerprint density at radius 2 is 2.17 bits per heavy atom. The highest BCUT2D eigenvalue weighted by atomic mass is 15.4. The van der Waals surface area contributed by atoms with Gasteiger partial charge in [-0.1, -0.05) is 0 Å². The first-order chi connectivity index (χ1) is 5.81. The fourth-order valence-corrected chi connectivity index (χ4v) is 2.53. The molecule has 1 aliphatic heterocycles. The van der Waals surface area contributed by atoms with Crippen molar-refractivity contribution in [3.8, 4) is 0 Å². The van der Waals surface area contributed by atoms with Crippen LogP contribution in [0.15, 0.2) is 0 Å². The lowest BCUT2D eigenvalue weighted by Crippen LogP contribution is -2.50. The third-order valence-corrected chi connectivity index (χ3v) is 3.47. The highest BCUT2D eigenvalue weighted by Gasteiger charge is 2.38. The van der Waals surface area contributed by atoms with Crippen LogP contribution < -0.4 is 11.2 Å². The molecule has 2 rings (SSSR count). The molecule has 3 heteroatoms. The molecule has 2 fully saturated rings. The Kier molecular flexibility index (Phi) is 2.35. The quantitative estimate of drug-likeness (QED) is 0.585. The van der Waals surface area contributed by atoms with Crippen molar-refractivity contribution in [3.63, 3.8) is 0 Å². The van der Waals surface area contributed by atoms with Crippen LogP contribution in [0.2, 0.25) is 0 Å². The van der Waals surface area contributed by atoms with Crippen molar-refractivity contribution >= 4 is 0 Å². The van der Waals surface area contributed by atoms with Gasteiger partial charge in [0.2, 0.25) is 0 Å². The molecule has 1 aliphatic carbocycles. The van der Waals surface area contributed by atoms with Gasteiger partial charge in [-0.05, 0) is 38.6 Å². The molecular weight excluding hydrogens is 150 g/mol. The van der Waals surface area contributed by atoms with Crippen molar-refractivity contribution in [2.24, 2.45) is 11.8 Å². The van der Waals surface area contributed by atoms with Gasteiger partial charge < -0.3 is 5.32 Å². The van der Waals surface area contributed by atoms with Crippen molar-refractivity contribution in [2.45, 2.75) is 37.8 Å². The molecule has 1 saturated heterocycles. The molecule has 3 N–H and O–H groups in total. The number of hydrogen-bond donors (Lipinski definition) is 2. The predicted octanol–water partition coefficient (Wildman–Crippen LogP) is 0.323. The summed E-state index contributed by atoms with van der Waals surface area (Å²) in [6, 6.07) is 1.46. The zero-order valence-electron chi connectivity index (χ0n) is 7.79. The van der Waals surface area contributed by atoms with Crippen molar-refractivity contribution in [1.29, 1.82) is 0 Å². The van der Waals surface area contributed by atoms with Gasteiger partial charge in [0.1, 0.15) is 0 Å². The minimum atomic E-state index is 0.689. The van der Waals surface area contributed by atoms with Crippen molar-refractivity contribution in [3.05, 3.63) is 0 Å². The van der Waals surface area contributed by atoms with Gasteiger partial charge in [-0.2, -0.15) is 0 Å². The summed E-state index contributed by atoms with van der Waals surface area (Å²) in [7, 11) is 2.05. The van der Waals surface area contributed by atoms with E-state index in [1.807, 2.05) is 0 Å². The molecule has 0 aromatic heterocycles. The van der Waals surface area contributed by atoms with Gasteiger partial charge in [0.05, 0.1) is 0 Å². The second-order valence-corrected chi connectivity index (χ2v) is 4.16. The molecule has 1 heterocycles. The molecule has 0 amide bonds. The molecule has 70 valence electrons. The maximum atomic E-state index is 5.89. The SMILES string of the molecule is CNC1CC(C2CCCN2N)C1. The van der Waals surface area contributed by atoms with Gasteiger partial charge in [-0.15, -0.1) is 0 Å². The minimum Gasteiger partial charge on any atom is -0.317 e. The summed E-state index contributed by atoms with van der Waals surface area (Å²) in [4.78, 5) is 0. The fraction of sp³-hybridized carbons (Fsp3) is 1.00. The Balaban J connectivity index is 1.79. The van der Waals surface area contributed by atoms with Crippen LogP contribution in [0.5, 0.6) is 0 Å². The molecule has 3 nitrogen and oxygen atoms in total. The molecule has 1 unspecified atom stereocenters. The first-order valence-corrected chi connectivity index (χ1v) is 5.00. The van der Waals surface area contributed by atoms with Gasteiger partial charge in [0.15, 0.2) is 0 Å². The van der Waals surface area contributed by atoms with Crippen LogP contribution in [-0.2, 0) is 0 Å². The lowest BCUT2D eigenvalue weighted by molar-refractivity contribution is 0.106. The number of nitrogens with zero attached hydrogens (tertiary/aromatic N) is 1. The van der Waals surface area contributed by atoms with E-state index in [1.54, 1.807) is 0 Å². The van der Waals surface area contributed by atoms with Gasteiger partial charge in [-0.25, -0.2) is 5.01 Å². The largest absolute Gasteiger partial charge is 0.317 e. The van der Waals surface area contributed by atoms with Crippen molar-refractivity contribution < 1.29 is 0 Å². The molecule has 0 radical (unpaired) electrons. The number of hydrogen-bond acceptors (Lipinski definition) is 3. The van der Waals surface area contributed by atoms with Gasteiger partial charge in [-0.3, -0.25) is 5.84 Å². The second-order valence-electron chi connectivity index (χ2n) is 4.16. The average molecular weight is 169 g/mol. The Hall–Kier alpha value is -0.120. The third kappa shape index (κ3) is 1.37. The van der Waals surface area contributed by atoms with Crippen molar-refractivity contribution in [1.82, 2.24) is 10.3 Å². The number of hydrazine groups is 1. The zero-order chi connectivity index (χ0) is 8.55. The molecule has 0 spiro atoms. The van der Waals surface area contributed by atoms with Crippen molar-refractivity contribution in [2.75, 3.05) is 13.6 Å². The van der Waals surface area contributed by atoms with Crippen LogP contribution in [0.25, 0.3) is 0 Å². The molecule has 1 saturated carbocycles. The Morgan fingerprint density at radius 1 is 1.42 bits per heavy atom. The number of nitrogens with one attached hydrogen (secondary N) is 1. The summed E-state index contributed by atoms with van der Waals surface area (Å²) in [5, 5.41) is 5.36. The second kappa shape index (κ2) is 3.32.